The van der Waals surface area contributed by atoms with E-state index in [1.54, 1.807) is 13.8 Å². The maximum absolute atomic E-state index is 11.9. The third-order valence-corrected chi connectivity index (χ3v) is 3.95. The summed E-state index contributed by atoms with van der Waals surface area (Å²) in [6.45, 7) is 9.46. The molecule has 0 aliphatic rings. The quantitative estimate of drug-likeness (QED) is 0.656. The van der Waals surface area contributed by atoms with Crippen LogP contribution in [0.5, 0.6) is 0 Å². The van der Waals surface area contributed by atoms with Gasteiger partial charge < -0.3 is 15.7 Å². The van der Waals surface area contributed by atoms with E-state index >= 15 is 0 Å². The van der Waals surface area contributed by atoms with Gasteiger partial charge in [-0.15, -0.1) is 0 Å². The Bertz CT molecular complexity index is 295. The van der Waals surface area contributed by atoms with Gasteiger partial charge in [-0.1, -0.05) is 27.7 Å². The van der Waals surface area contributed by atoms with Gasteiger partial charge in [0.2, 0.25) is 0 Å². The van der Waals surface area contributed by atoms with Crippen LogP contribution in [0, 0.1) is 0 Å². The minimum atomic E-state index is -1.17. The summed E-state index contributed by atoms with van der Waals surface area (Å²) in [6, 6.07) is -0.410. The second-order valence-electron chi connectivity index (χ2n) is 4.94. The molecule has 0 bridgehead atoms. The standard InChI is InChI=1S/C13H26N2O3/c1-6-12(5,7-2)14-11(18)15-13(8-3,9-4)10(16)17/h6-9H2,1-5H3,(H,16,17)(H2,14,15,18). The van der Waals surface area contributed by atoms with Gasteiger partial charge in [0.25, 0.3) is 0 Å². The summed E-state index contributed by atoms with van der Waals surface area (Å²) >= 11 is 0. The highest BCUT2D eigenvalue weighted by molar-refractivity contribution is 5.86. The van der Waals surface area contributed by atoms with Gasteiger partial charge in [0.05, 0.1) is 0 Å². The molecule has 0 spiro atoms. The minimum Gasteiger partial charge on any atom is -0.480 e. The molecule has 5 heteroatoms. The fraction of sp³-hybridized carbons (Fsp3) is 0.846. The Balaban J connectivity index is 4.78. The van der Waals surface area contributed by atoms with E-state index in [4.69, 9.17) is 0 Å². The number of nitrogens with one attached hydrogen (secondary N) is 2. The Morgan fingerprint density at radius 2 is 1.39 bits per heavy atom. The van der Waals surface area contributed by atoms with Gasteiger partial charge in [-0.2, -0.15) is 0 Å². The van der Waals surface area contributed by atoms with E-state index in [1.165, 1.54) is 0 Å². The topological polar surface area (TPSA) is 78.4 Å². The van der Waals surface area contributed by atoms with Crippen molar-refractivity contribution in [2.45, 2.75) is 71.4 Å². The van der Waals surface area contributed by atoms with Crippen LogP contribution < -0.4 is 10.6 Å². The molecule has 0 aromatic heterocycles. The molecule has 2 amide bonds. The largest absolute Gasteiger partial charge is 0.480 e. The molecule has 0 aliphatic heterocycles. The van der Waals surface area contributed by atoms with Crippen LogP contribution >= 0.6 is 0 Å². The average Bonchev–Trinajstić information content (AvgIpc) is 2.35. The van der Waals surface area contributed by atoms with Crippen molar-refractivity contribution >= 4 is 12.0 Å². The van der Waals surface area contributed by atoms with Crippen molar-refractivity contribution in [3.63, 3.8) is 0 Å². The number of urea groups is 1. The van der Waals surface area contributed by atoms with E-state index in [2.05, 4.69) is 10.6 Å². The highest BCUT2D eigenvalue weighted by Gasteiger charge is 2.37. The van der Waals surface area contributed by atoms with Crippen LogP contribution in [-0.2, 0) is 4.79 Å². The van der Waals surface area contributed by atoms with Crippen LogP contribution in [0.3, 0.4) is 0 Å². The number of rotatable bonds is 7. The SMILES string of the molecule is CCC(C)(CC)NC(=O)NC(CC)(CC)C(=O)O. The first-order valence-electron chi connectivity index (χ1n) is 6.62. The van der Waals surface area contributed by atoms with Crippen molar-refractivity contribution in [1.82, 2.24) is 10.6 Å². The first-order chi connectivity index (χ1) is 8.29. The zero-order valence-electron chi connectivity index (χ0n) is 12.1. The van der Waals surface area contributed by atoms with E-state index in [0.29, 0.717) is 12.8 Å². The molecule has 3 N–H and O–H groups in total. The molecule has 0 unspecified atom stereocenters. The second-order valence-corrected chi connectivity index (χ2v) is 4.94. The highest BCUT2D eigenvalue weighted by atomic mass is 16.4. The molecular formula is C13H26N2O3. The molecule has 0 aromatic rings. The summed E-state index contributed by atoms with van der Waals surface area (Å²) in [5.74, 6) is -0.989. The predicted octanol–water partition coefficient (Wildman–Crippen LogP) is 2.51. The van der Waals surface area contributed by atoms with Crippen LogP contribution in [0.1, 0.15) is 60.3 Å². The summed E-state index contributed by atoms with van der Waals surface area (Å²) in [5, 5.41) is 14.7. The van der Waals surface area contributed by atoms with Crippen molar-refractivity contribution < 1.29 is 14.7 Å². The van der Waals surface area contributed by atoms with Gasteiger partial charge >= 0.3 is 12.0 Å². The van der Waals surface area contributed by atoms with Gasteiger partial charge in [-0.05, 0) is 32.6 Å². The Kier molecular flexibility index (Phi) is 6.15. The van der Waals surface area contributed by atoms with E-state index in [0.717, 1.165) is 12.8 Å². The van der Waals surface area contributed by atoms with Crippen LogP contribution in [0.15, 0.2) is 0 Å². The number of amides is 2. The lowest BCUT2D eigenvalue weighted by molar-refractivity contribution is -0.144. The number of hydrogen-bond donors (Lipinski definition) is 3. The average molecular weight is 258 g/mol. The number of hydrogen-bond acceptors (Lipinski definition) is 2. The van der Waals surface area contributed by atoms with Crippen molar-refractivity contribution in [2.75, 3.05) is 0 Å². The monoisotopic (exact) mass is 258 g/mol. The number of carboxylic acids is 1. The lowest BCUT2D eigenvalue weighted by Gasteiger charge is -2.33. The number of carbonyl (C=O) groups is 2. The van der Waals surface area contributed by atoms with Gasteiger partial charge in [0, 0.05) is 5.54 Å². The molecule has 0 radical (unpaired) electrons. The normalized spacial score (nSPS) is 12.1. The van der Waals surface area contributed by atoms with Gasteiger partial charge in [0.1, 0.15) is 5.54 Å². The van der Waals surface area contributed by atoms with Crippen LogP contribution in [0.4, 0.5) is 4.79 Å². The third kappa shape index (κ3) is 3.89. The molecule has 106 valence electrons. The van der Waals surface area contributed by atoms with Crippen molar-refractivity contribution in [2.24, 2.45) is 0 Å². The predicted molar refractivity (Wildman–Crippen MR) is 71.6 cm³/mol. The lowest BCUT2D eigenvalue weighted by atomic mass is 9.92. The number of aliphatic carboxylic acids is 1. The first kappa shape index (κ1) is 16.7. The number of carbonyl (C=O) groups excluding carboxylic acids is 1. The molecule has 0 saturated carbocycles. The van der Waals surface area contributed by atoms with Crippen LogP contribution in [-0.4, -0.2) is 28.2 Å². The molecule has 5 nitrogen and oxygen atoms in total. The van der Waals surface area contributed by atoms with Gasteiger partial charge in [-0.25, -0.2) is 9.59 Å². The maximum Gasteiger partial charge on any atom is 0.329 e. The fourth-order valence-corrected chi connectivity index (χ4v) is 1.73. The minimum absolute atomic E-state index is 0.296. The molecular weight excluding hydrogens is 232 g/mol. The third-order valence-electron chi connectivity index (χ3n) is 3.95. The molecule has 0 fully saturated rings. The van der Waals surface area contributed by atoms with Crippen molar-refractivity contribution in [1.29, 1.82) is 0 Å². The van der Waals surface area contributed by atoms with Crippen LogP contribution in [0.25, 0.3) is 0 Å². The Hall–Kier alpha value is -1.26. The molecule has 0 saturated heterocycles. The fourth-order valence-electron chi connectivity index (χ4n) is 1.73. The smallest absolute Gasteiger partial charge is 0.329 e. The van der Waals surface area contributed by atoms with Crippen LogP contribution in [0.2, 0.25) is 0 Å². The van der Waals surface area contributed by atoms with E-state index in [1.807, 2.05) is 20.8 Å². The zero-order valence-corrected chi connectivity index (χ0v) is 12.1. The van der Waals surface area contributed by atoms with E-state index < -0.39 is 17.5 Å². The molecule has 0 rings (SSSR count). The summed E-state index contributed by atoms with van der Waals surface area (Å²) in [7, 11) is 0. The van der Waals surface area contributed by atoms with E-state index in [-0.39, 0.29) is 5.54 Å². The summed E-state index contributed by atoms with van der Waals surface area (Å²) in [4.78, 5) is 23.2. The Morgan fingerprint density at radius 3 is 1.67 bits per heavy atom. The first-order valence-corrected chi connectivity index (χ1v) is 6.62. The molecule has 0 aliphatic carbocycles. The summed E-state index contributed by atoms with van der Waals surface area (Å²) in [5.41, 5.74) is -1.47. The Morgan fingerprint density at radius 1 is 0.944 bits per heavy atom. The molecule has 18 heavy (non-hydrogen) atoms. The lowest BCUT2D eigenvalue weighted by Crippen LogP contribution is -2.59. The second kappa shape index (κ2) is 6.61. The molecule has 0 atom stereocenters. The van der Waals surface area contributed by atoms with Gasteiger partial charge in [0.15, 0.2) is 0 Å². The maximum atomic E-state index is 11.9. The molecule has 0 aromatic carbocycles. The van der Waals surface area contributed by atoms with Crippen molar-refractivity contribution in [3.8, 4) is 0 Å². The summed E-state index contributed by atoms with van der Waals surface area (Å²) in [6.07, 6.45) is 2.33. The Labute approximate surface area is 109 Å². The highest BCUT2D eigenvalue weighted by Crippen LogP contribution is 2.17. The van der Waals surface area contributed by atoms with E-state index in [9.17, 15) is 14.7 Å². The number of carboxylic acid groups (broad SMARTS) is 1. The van der Waals surface area contributed by atoms with Crippen molar-refractivity contribution in [3.05, 3.63) is 0 Å². The van der Waals surface area contributed by atoms with Gasteiger partial charge in [-0.3, -0.25) is 0 Å². The summed E-state index contributed by atoms with van der Waals surface area (Å²) < 4.78 is 0. The zero-order chi connectivity index (χ0) is 14.4. The molecule has 0 heterocycles.